The Hall–Kier alpha value is -1.05. The van der Waals surface area contributed by atoms with Gasteiger partial charge in [-0.2, -0.15) is 0 Å². The van der Waals surface area contributed by atoms with Crippen LogP contribution in [-0.2, 0) is 0 Å². The van der Waals surface area contributed by atoms with E-state index < -0.39 is 0 Å². The third-order valence-electron chi connectivity index (χ3n) is 3.13. The van der Waals surface area contributed by atoms with E-state index in [0.29, 0.717) is 11.5 Å². The molecule has 1 fully saturated rings. The van der Waals surface area contributed by atoms with Crippen LogP contribution in [0.2, 0.25) is 0 Å². The third kappa shape index (κ3) is 1.82. The molecule has 0 saturated heterocycles. The Kier molecular flexibility index (Phi) is 1.98. The summed E-state index contributed by atoms with van der Waals surface area (Å²) in [6.45, 7) is 4.58. The van der Waals surface area contributed by atoms with Crippen LogP contribution >= 0.6 is 0 Å². The van der Waals surface area contributed by atoms with Crippen LogP contribution in [0.4, 0.5) is 5.69 Å². The summed E-state index contributed by atoms with van der Waals surface area (Å²) >= 11 is 0. The van der Waals surface area contributed by atoms with E-state index in [4.69, 9.17) is 0 Å². The summed E-state index contributed by atoms with van der Waals surface area (Å²) in [4.78, 5) is 4.08. The van der Waals surface area contributed by atoms with Crippen molar-refractivity contribution < 1.29 is 0 Å². The van der Waals surface area contributed by atoms with Gasteiger partial charge in [0.25, 0.3) is 0 Å². The van der Waals surface area contributed by atoms with Gasteiger partial charge in [-0.3, -0.25) is 4.98 Å². The van der Waals surface area contributed by atoms with E-state index in [9.17, 15) is 0 Å². The molecule has 70 valence electrons. The maximum Gasteiger partial charge on any atom is 0.0528 e. The molecule has 0 amide bonds. The lowest BCUT2D eigenvalue weighted by atomic mass is 10.0. The topological polar surface area (TPSA) is 24.9 Å². The van der Waals surface area contributed by atoms with Crippen molar-refractivity contribution in [3.63, 3.8) is 0 Å². The van der Waals surface area contributed by atoms with E-state index >= 15 is 0 Å². The minimum atomic E-state index is 0.524. The van der Waals surface area contributed by atoms with Gasteiger partial charge in [-0.25, -0.2) is 0 Å². The highest BCUT2D eigenvalue weighted by Gasteiger charge is 2.42. The van der Waals surface area contributed by atoms with Crippen molar-refractivity contribution in [3.8, 4) is 0 Å². The molecule has 1 aliphatic rings. The van der Waals surface area contributed by atoms with Crippen LogP contribution in [0.25, 0.3) is 0 Å². The summed E-state index contributed by atoms with van der Waals surface area (Å²) in [5.74, 6) is 0. The number of hydrogen-bond acceptors (Lipinski definition) is 2. The summed E-state index contributed by atoms with van der Waals surface area (Å²) < 4.78 is 0. The highest BCUT2D eigenvalue weighted by atomic mass is 15.0. The van der Waals surface area contributed by atoms with E-state index in [0.717, 1.165) is 5.69 Å². The Bertz CT molecular complexity index is 277. The molecule has 1 aromatic heterocycles. The van der Waals surface area contributed by atoms with Crippen LogP contribution in [-0.4, -0.2) is 11.0 Å². The molecule has 1 aliphatic carbocycles. The molecular weight excluding hydrogens is 160 g/mol. The molecule has 1 heterocycles. The molecule has 2 rings (SSSR count). The number of nitrogens with one attached hydrogen (secondary N) is 1. The number of aromatic nitrogens is 1. The lowest BCUT2D eigenvalue weighted by Crippen LogP contribution is -2.24. The summed E-state index contributed by atoms with van der Waals surface area (Å²) in [5.41, 5.74) is 1.65. The van der Waals surface area contributed by atoms with Gasteiger partial charge in [-0.1, -0.05) is 6.92 Å². The third-order valence-corrected chi connectivity index (χ3v) is 3.13. The number of anilines is 1. The zero-order chi connectivity index (χ0) is 9.31. The molecular formula is C11H16N2. The van der Waals surface area contributed by atoms with Crippen LogP contribution in [0.5, 0.6) is 0 Å². The minimum Gasteiger partial charge on any atom is -0.381 e. The molecule has 1 N–H and O–H groups in total. The SMILES string of the molecule is CC(Nc1cccnc1)C1(C)CC1. The molecule has 1 unspecified atom stereocenters. The van der Waals surface area contributed by atoms with Gasteiger partial charge in [-0.15, -0.1) is 0 Å². The quantitative estimate of drug-likeness (QED) is 0.766. The summed E-state index contributed by atoms with van der Waals surface area (Å²) in [6, 6.07) is 4.58. The van der Waals surface area contributed by atoms with E-state index in [2.05, 4.69) is 30.2 Å². The first-order valence-corrected chi connectivity index (χ1v) is 4.87. The van der Waals surface area contributed by atoms with Gasteiger partial charge in [-0.05, 0) is 37.3 Å². The zero-order valence-corrected chi connectivity index (χ0v) is 8.25. The van der Waals surface area contributed by atoms with Crippen LogP contribution in [0.3, 0.4) is 0 Å². The maximum absolute atomic E-state index is 4.08. The normalized spacial score (nSPS) is 20.8. The van der Waals surface area contributed by atoms with Crippen molar-refractivity contribution >= 4 is 5.69 Å². The molecule has 0 spiro atoms. The predicted molar refractivity (Wildman–Crippen MR) is 54.7 cm³/mol. The molecule has 0 aromatic carbocycles. The van der Waals surface area contributed by atoms with E-state index in [1.807, 2.05) is 12.3 Å². The van der Waals surface area contributed by atoms with Crippen molar-refractivity contribution in [1.29, 1.82) is 0 Å². The highest BCUT2D eigenvalue weighted by Crippen LogP contribution is 2.48. The summed E-state index contributed by atoms with van der Waals surface area (Å²) in [6.07, 6.45) is 6.37. The average Bonchev–Trinajstić information content (AvgIpc) is 2.87. The first kappa shape index (κ1) is 8.54. The molecule has 13 heavy (non-hydrogen) atoms. The lowest BCUT2D eigenvalue weighted by molar-refractivity contribution is 0.493. The van der Waals surface area contributed by atoms with Gasteiger partial charge in [0, 0.05) is 18.4 Å². The van der Waals surface area contributed by atoms with Gasteiger partial charge < -0.3 is 5.32 Å². The Balaban J connectivity index is 1.98. The largest absolute Gasteiger partial charge is 0.381 e. The fourth-order valence-corrected chi connectivity index (χ4v) is 1.50. The average molecular weight is 176 g/mol. The Labute approximate surface area is 79.4 Å². The van der Waals surface area contributed by atoms with Crippen molar-refractivity contribution in [1.82, 2.24) is 4.98 Å². The Morgan fingerprint density at radius 2 is 2.31 bits per heavy atom. The Morgan fingerprint density at radius 3 is 2.85 bits per heavy atom. The molecule has 1 aromatic rings. The second-order valence-electron chi connectivity index (χ2n) is 4.26. The van der Waals surface area contributed by atoms with Crippen LogP contribution in [0.15, 0.2) is 24.5 Å². The van der Waals surface area contributed by atoms with Crippen molar-refractivity contribution in [2.45, 2.75) is 32.7 Å². The first-order valence-electron chi connectivity index (χ1n) is 4.87. The van der Waals surface area contributed by atoms with Crippen LogP contribution < -0.4 is 5.32 Å². The van der Waals surface area contributed by atoms with Gasteiger partial charge in [0.1, 0.15) is 0 Å². The predicted octanol–water partition coefficient (Wildman–Crippen LogP) is 2.68. The molecule has 2 heteroatoms. The molecule has 0 radical (unpaired) electrons. The van der Waals surface area contributed by atoms with Crippen molar-refractivity contribution in [2.75, 3.05) is 5.32 Å². The van der Waals surface area contributed by atoms with Crippen LogP contribution in [0.1, 0.15) is 26.7 Å². The van der Waals surface area contributed by atoms with Crippen molar-refractivity contribution in [2.24, 2.45) is 5.41 Å². The van der Waals surface area contributed by atoms with Gasteiger partial charge in [0.05, 0.1) is 5.69 Å². The standard InChI is InChI=1S/C11H16N2/c1-9(11(2)5-6-11)13-10-4-3-7-12-8-10/h3-4,7-9,13H,5-6H2,1-2H3. The maximum atomic E-state index is 4.08. The zero-order valence-electron chi connectivity index (χ0n) is 8.25. The number of nitrogens with zero attached hydrogens (tertiary/aromatic N) is 1. The number of pyridine rings is 1. The van der Waals surface area contributed by atoms with Gasteiger partial charge in [0.15, 0.2) is 0 Å². The van der Waals surface area contributed by atoms with E-state index in [1.165, 1.54) is 12.8 Å². The second-order valence-corrected chi connectivity index (χ2v) is 4.26. The first-order chi connectivity index (χ1) is 6.21. The number of hydrogen-bond donors (Lipinski definition) is 1. The summed E-state index contributed by atoms with van der Waals surface area (Å²) in [5, 5.41) is 3.48. The minimum absolute atomic E-state index is 0.524. The molecule has 2 nitrogen and oxygen atoms in total. The van der Waals surface area contributed by atoms with E-state index in [1.54, 1.807) is 6.20 Å². The second kappa shape index (κ2) is 3.02. The fourth-order valence-electron chi connectivity index (χ4n) is 1.50. The van der Waals surface area contributed by atoms with Crippen molar-refractivity contribution in [3.05, 3.63) is 24.5 Å². The summed E-state index contributed by atoms with van der Waals surface area (Å²) in [7, 11) is 0. The molecule has 0 aliphatic heterocycles. The lowest BCUT2D eigenvalue weighted by Gasteiger charge is -2.21. The number of rotatable bonds is 3. The van der Waals surface area contributed by atoms with Gasteiger partial charge in [0.2, 0.25) is 0 Å². The van der Waals surface area contributed by atoms with E-state index in [-0.39, 0.29) is 0 Å². The smallest absolute Gasteiger partial charge is 0.0528 e. The molecule has 0 bridgehead atoms. The van der Waals surface area contributed by atoms with Crippen LogP contribution in [0, 0.1) is 5.41 Å². The monoisotopic (exact) mass is 176 g/mol. The Morgan fingerprint density at radius 1 is 1.54 bits per heavy atom. The molecule has 1 saturated carbocycles. The highest BCUT2D eigenvalue weighted by molar-refractivity contribution is 5.41. The van der Waals surface area contributed by atoms with Gasteiger partial charge >= 0.3 is 0 Å². The fraction of sp³-hybridized carbons (Fsp3) is 0.545. The molecule has 1 atom stereocenters.